The Bertz CT molecular complexity index is 536. The van der Waals surface area contributed by atoms with E-state index in [1.807, 2.05) is 4.90 Å². The third-order valence-electron chi connectivity index (χ3n) is 3.54. The summed E-state index contributed by atoms with van der Waals surface area (Å²) in [6.45, 7) is 3.81. The molecule has 0 unspecified atom stereocenters. The van der Waals surface area contributed by atoms with Crippen LogP contribution in [0.1, 0.15) is 6.42 Å². The molecular weight excluding hydrogens is 263 g/mol. The van der Waals surface area contributed by atoms with Gasteiger partial charge in [0.25, 0.3) is 5.69 Å². The van der Waals surface area contributed by atoms with Crippen molar-refractivity contribution in [2.24, 2.45) is 0 Å². The van der Waals surface area contributed by atoms with Gasteiger partial charge in [0.2, 0.25) is 0 Å². The lowest BCUT2D eigenvalue weighted by Crippen LogP contribution is -3.14. The van der Waals surface area contributed by atoms with Crippen LogP contribution in [-0.2, 0) is 0 Å². The van der Waals surface area contributed by atoms with Gasteiger partial charge in [0.05, 0.1) is 56.2 Å². The van der Waals surface area contributed by atoms with E-state index >= 15 is 0 Å². The summed E-state index contributed by atoms with van der Waals surface area (Å²) in [7, 11) is 0. The number of nitro groups is 1. The number of nitrogens with one attached hydrogen (secondary N) is 1. The second-order valence-electron chi connectivity index (χ2n) is 4.79. The number of benzene rings is 1. The molecule has 6 nitrogen and oxygen atoms in total. The summed E-state index contributed by atoms with van der Waals surface area (Å²) >= 11 is 0. The predicted molar refractivity (Wildman–Crippen MR) is 71.1 cm³/mol. The third kappa shape index (κ3) is 3.22. The van der Waals surface area contributed by atoms with E-state index in [1.165, 1.54) is 17.0 Å². The number of hydrogen-bond acceptors (Lipinski definition) is 4. The molecule has 0 saturated carbocycles. The highest BCUT2D eigenvalue weighted by Gasteiger charge is 2.25. The largest absolute Gasteiger partial charge is 0.355 e. The fraction of sp³-hybridized carbons (Fsp3) is 0.462. The van der Waals surface area contributed by atoms with Gasteiger partial charge in [0.1, 0.15) is 11.5 Å². The quantitative estimate of drug-likeness (QED) is 0.637. The van der Waals surface area contributed by atoms with Gasteiger partial charge in [0, 0.05) is 0 Å². The van der Waals surface area contributed by atoms with Gasteiger partial charge in [0.15, 0.2) is 0 Å². The van der Waals surface area contributed by atoms with Crippen LogP contribution in [0, 0.1) is 27.3 Å². The number of halogens is 1. The fourth-order valence-corrected chi connectivity index (χ4v) is 2.46. The van der Waals surface area contributed by atoms with Crippen molar-refractivity contribution in [2.45, 2.75) is 6.42 Å². The van der Waals surface area contributed by atoms with Crippen LogP contribution in [0.4, 0.5) is 15.8 Å². The smallest absolute Gasteiger partial charge is 0.295 e. The Balaban J connectivity index is 2.07. The lowest BCUT2D eigenvalue weighted by Gasteiger charge is -2.33. The molecule has 1 aromatic carbocycles. The highest BCUT2D eigenvalue weighted by molar-refractivity contribution is 5.63. The molecule has 1 aliphatic rings. The van der Waals surface area contributed by atoms with Gasteiger partial charge >= 0.3 is 0 Å². The zero-order chi connectivity index (χ0) is 14.5. The van der Waals surface area contributed by atoms with Crippen LogP contribution in [0.3, 0.4) is 0 Å². The maximum Gasteiger partial charge on any atom is 0.295 e. The molecule has 1 N–H and O–H groups in total. The molecule has 20 heavy (non-hydrogen) atoms. The predicted octanol–water partition coefficient (Wildman–Crippen LogP) is 0.352. The zero-order valence-corrected chi connectivity index (χ0v) is 11.0. The van der Waals surface area contributed by atoms with Gasteiger partial charge in [-0.2, -0.15) is 5.26 Å². The van der Waals surface area contributed by atoms with Gasteiger partial charge < -0.3 is 9.80 Å². The van der Waals surface area contributed by atoms with Crippen molar-refractivity contribution in [1.29, 1.82) is 5.26 Å². The second kappa shape index (κ2) is 6.30. The Hall–Kier alpha value is -2.20. The van der Waals surface area contributed by atoms with Crippen LogP contribution in [0.5, 0.6) is 0 Å². The normalized spacial score (nSPS) is 15.9. The molecule has 1 aromatic rings. The van der Waals surface area contributed by atoms with Gasteiger partial charge in [-0.05, 0) is 12.1 Å². The van der Waals surface area contributed by atoms with Crippen molar-refractivity contribution in [2.75, 3.05) is 37.6 Å². The SMILES string of the molecule is N#CCC[NH+]1CCN(c2ccc(F)cc2[N+](=O)[O-])CC1. The average Bonchev–Trinajstić information content (AvgIpc) is 2.45. The van der Waals surface area contributed by atoms with Crippen LogP contribution >= 0.6 is 0 Å². The Morgan fingerprint density at radius 3 is 2.75 bits per heavy atom. The van der Waals surface area contributed by atoms with E-state index in [9.17, 15) is 14.5 Å². The van der Waals surface area contributed by atoms with Crippen molar-refractivity contribution in [3.8, 4) is 6.07 Å². The van der Waals surface area contributed by atoms with Crippen LogP contribution < -0.4 is 9.80 Å². The van der Waals surface area contributed by atoms with E-state index in [1.54, 1.807) is 0 Å². The summed E-state index contributed by atoms with van der Waals surface area (Å²) in [5.74, 6) is -0.598. The Morgan fingerprint density at radius 2 is 2.15 bits per heavy atom. The minimum atomic E-state index is -0.598. The standard InChI is InChI=1S/C13H15FN4O2/c14-11-2-3-12(13(10-11)18(19)20)17-8-6-16(7-9-17)5-1-4-15/h2-3,10H,1,5-9H2/p+1. The molecule has 1 aliphatic heterocycles. The Labute approximate surface area is 116 Å². The van der Waals surface area contributed by atoms with E-state index in [0.717, 1.165) is 25.7 Å². The van der Waals surface area contributed by atoms with Gasteiger partial charge in [-0.1, -0.05) is 0 Å². The van der Waals surface area contributed by atoms with Crippen molar-refractivity contribution in [1.82, 2.24) is 0 Å². The molecule has 106 valence electrons. The fourth-order valence-electron chi connectivity index (χ4n) is 2.46. The summed E-state index contributed by atoms with van der Waals surface area (Å²) < 4.78 is 13.1. The second-order valence-corrected chi connectivity index (χ2v) is 4.79. The number of anilines is 1. The molecule has 0 radical (unpaired) electrons. The maximum absolute atomic E-state index is 13.1. The van der Waals surface area contributed by atoms with E-state index < -0.39 is 10.7 Å². The van der Waals surface area contributed by atoms with Crippen LogP contribution in [-0.4, -0.2) is 37.6 Å². The average molecular weight is 279 g/mol. The molecule has 1 fully saturated rings. The number of piperazine rings is 1. The number of hydrogen-bond donors (Lipinski definition) is 1. The summed E-state index contributed by atoms with van der Waals surface area (Å²) in [6, 6.07) is 5.80. The third-order valence-corrected chi connectivity index (χ3v) is 3.54. The number of nitrogens with zero attached hydrogens (tertiary/aromatic N) is 3. The van der Waals surface area contributed by atoms with Crippen LogP contribution in [0.2, 0.25) is 0 Å². The molecule has 0 aromatic heterocycles. The molecule has 1 heterocycles. The first-order valence-electron chi connectivity index (χ1n) is 6.51. The molecule has 7 heteroatoms. The summed E-state index contributed by atoms with van der Waals surface area (Å²) in [4.78, 5) is 13.7. The molecule has 0 bridgehead atoms. The summed E-state index contributed by atoms with van der Waals surface area (Å²) in [5.41, 5.74) is 0.279. The first-order valence-corrected chi connectivity index (χ1v) is 6.51. The first-order chi connectivity index (χ1) is 9.61. The number of quaternary nitrogens is 1. The molecule has 1 saturated heterocycles. The molecule has 0 spiro atoms. The van der Waals surface area contributed by atoms with E-state index in [2.05, 4.69) is 6.07 Å². The molecule has 0 aliphatic carbocycles. The van der Waals surface area contributed by atoms with Crippen molar-refractivity contribution >= 4 is 11.4 Å². The Morgan fingerprint density at radius 1 is 1.45 bits per heavy atom. The van der Waals surface area contributed by atoms with Gasteiger partial charge in [-0.15, -0.1) is 0 Å². The van der Waals surface area contributed by atoms with Gasteiger partial charge in [-0.3, -0.25) is 10.1 Å². The van der Waals surface area contributed by atoms with E-state index in [4.69, 9.17) is 5.26 Å². The zero-order valence-electron chi connectivity index (χ0n) is 11.0. The van der Waals surface area contributed by atoms with E-state index in [0.29, 0.717) is 25.2 Å². The van der Waals surface area contributed by atoms with Crippen molar-refractivity contribution in [3.05, 3.63) is 34.1 Å². The molecular formula is C13H16FN4O2+. The lowest BCUT2D eigenvalue weighted by molar-refractivity contribution is -0.900. The lowest BCUT2D eigenvalue weighted by atomic mass is 10.2. The minimum absolute atomic E-state index is 0.189. The van der Waals surface area contributed by atoms with Crippen molar-refractivity contribution in [3.63, 3.8) is 0 Å². The first kappa shape index (κ1) is 14.2. The van der Waals surface area contributed by atoms with Crippen LogP contribution in [0.25, 0.3) is 0 Å². The highest BCUT2D eigenvalue weighted by atomic mass is 19.1. The monoisotopic (exact) mass is 279 g/mol. The number of nitriles is 1. The topological polar surface area (TPSA) is 74.6 Å². The molecule has 0 atom stereocenters. The van der Waals surface area contributed by atoms with Crippen molar-refractivity contribution < 1.29 is 14.2 Å². The van der Waals surface area contributed by atoms with E-state index in [-0.39, 0.29) is 5.69 Å². The minimum Gasteiger partial charge on any atom is -0.355 e. The number of nitro benzene ring substituents is 1. The highest BCUT2D eigenvalue weighted by Crippen LogP contribution is 2.28. The summed E-state index contributed by atoms with van der Waals surface area (Å²) in [5, 5.41) is 19.6. The molecule has 0 amide bonds. The Kier molecular flexibility index (Phi) is 4.48. The summed E-state index contributed by atoms with van der Waals surface area (Å²) in [6.07, 6.45) is 0.520. The maximum atomic E-state index is 13.1. The van der Waals surface area contributed by atoms with Crippen LogP contribution in [0.15, 0.2) is 18.2 Å². The van der Waals surface area contributed by atoms with Gasteiger partial charge in [-0.25, -0.2) is 4.39 Å². The number of rotatable bonds is 4. The molecule has 2 rings (SSSR count).